The van der Waals surface area contributed by atoms with Crippen LogP contribution in [0.15, 0.2) is 212 Å². The molecule has 12 rings (SSSR count). The third-order valence-corrected chi connectivity index (χ3v) is 12.9. The first kappa shape index (κ1) is 39.7. The molecule has 0 aliphatic carbocycles. The van der Waals surface area contributed by atoms with Crippen LogP contribution in [0.3, 0.4) is 0 Å². The van der Waals surface area contributed by atoms with Gasteiger partial charge in [-0.3, -0.25) is 0 Å². The monoisotopic (exact) mass is 865 g/mol. The van der Waals surface area contributed by atoms with Gasteiger partial charge in [0.05, 0.1) is 79.7 Å². The van der Waals surface area contributed by atoms with Crippen molar-refractivity contribution in [3.63, 3.8) is 0 Å². The molecular weight excluding hydrogens is 831 g/mol. The van der Waals surface area contributed by atoms with Crippen LogP contribution >= 0.6 is 0 Å². The molecule has 0 aliphatic heterocycles. The Morgan fingerprint density at radius 3 is 1.46 bits per heavy atom. The first-order chi connectivity index (χ1) is 33.6. The van der Waals surface area contributed by atoms with Crippen molar-refractivity contribution < 1.29 is 0 Å². The lowest BCUT2D eigenvalue weighted by Gasteiger charge is -2.17. The van der Waals surface area contributed by atoms with Gasteiger partial charge in [0, 0.05) is 54.9 Å². The molecule has 12 aromatic rings. The van der Waals surface area contributed by atoms with Gasteiger partial charge >= 0.3 is 0 Å². The van der Waals surface area contributed by atoms with Crippen molar-refractivity contribution in [1.82, 2.24) is 19.1 Å². The van der Waals surface area contributed by atoms with Crippen molar-refractivity contribution in [1.29, 1.82) is 15.8 Å². The summed E-state index contributed by atoms with van der Waals surface area (Å²) >= 11 is 0. The first-order valence-electron chi connectivity index (χ1n) is 22.2. The highest BCUT2D eigenvalue weighted by molar-refractivity contribution is 6.12. The van der Waals surface area contributed by atoms with E-state index in [2.05, 4.69) is 149 Å². The second-order valence-corrected chi connectivity index (χ2v) is 16.7. The van der Waals surface area contributed by atoms with Gasteiger partial charge < -0.3 is 9.13 Å². The second-order valence-electron chi connectivity index (χ2n) is 16.7. The molecule has 0 N–H and O–H groups in total. The number of fused-ring (bicyclic) bond motifs is 6. The zero-order chi connectivity index (χ0) is 45.7. The third kappa shape index (κ3) is 6.57. The molecule has 0 amide bonds. The van der Waals surface area contributed by atoms with Crippen LogP contribution < -0.4 is 0 Å². The van der Waals surface area contributed by atoms with E-state index in [1.54, 1.807) is 18.2 Å². The molecule has 0 saturated carbocycles. The Balaban J connectivity index is 1.12. The zero-order valence-electron chi connectivity index (χ0n) is 36.3. The van der Waals surface area contributed by atoms with Crippen LogP contribution in [0.2, 0.25) is 0 Å². The average molecular weight is 866 g/mol. The van der Waals surface area contributed by atoms with Crippen LogP contribution in [0.25, 0.3) is 111 Å². The lowest BCUT2D eigenvalue weighted by Crippen LogP contribution is -2.00. The normalized spacial score (nSPS) is 11.2. The maximum atomic E-state index is 10.3. The zero-order valence-corrected chi connectivity index (χ0v) is 36.3. The van der Waals surface area contributed by atoms with Crippen molar-refractivity contribution in [2.24, 2.45) is 0 Å². The minimum atomic E-state index is 0.358. The number of rotatable bonds is 7. The highest BCUT2D eigenvalue weighted by Gasteiger charge is 2.22. The molecule has 0 bridgehead atoms. The van der Waals surface area contributed by atoms with Gasteiger partial charge in [0.25, 0.3) is 0 Å². The maximum Gasteiger partial charge on any atom is 0.160 e. The van der Waals surface area contributed by atoms with Crippen LogP contribution in [0, 0.1) is 34.0 Å². The minimum absolute atomic E-state index is 0.358. The van der Waals surface area contributed by atoms with Crippen molar-refractivity contribution in [2.75, 3.05) is 0 Å². The summed E-state index contributed by atoms with van der Waals surface area (Å²) in [6.45, 7) is 0. The molecule has 0 saturated heterocycles. The van der Waals surface area contributed by atoms with Gasteiger partial charge in [0.2, 0.25) is 0 Å². The Morgan fingerprint density at radius 1 is 0.324 bits per heavy atom. The Morgan fingerprint density at radius 2 is 0.824 bits per heavy atom. The number of nitriles is 3. The lowest BCUT2D eigenvalue weighted by molar-refractivity contribution is 1.17. The van der Waals surface area contributed by atoms with Crippen molar-refractivity contribution in [3.8, 4) is 85.7 Å². The summed E-state index contributed by atoms with van der Waals surface area (Å²) in [5, 5.41) is 34.5. The number of hydrogen-bond acceptors (Lipinski definition) is 5. The first-order valence-corrected chi connectivity index (χ1v) is 22.2. The van der Waals surface area contributed by atoms with E-state index >= 15 is 0 Å². The smallest absolute Gasteiger partial charge is 0.160 e. The van der Waals surface area contributed by atoms with Gasteiger partial charge in [-0.2, -0.15) is 15.8 Å². The summed E-state index contributed by atoms with van der Waals surface area (Å²) in [6.07, 6.45) is 0. The van der Waals surface area contributed by atoms with E-state index in [9.17, 15) is 15.8 Å². The average Bonchev–Trinajstić information content (AvgIpc) is 3.93. The van der Waals surface area contributed by atoms with E-state index in [-0.39, 0.29) is 0 Å². The molecule has 0 spiro atoms. The number of aromatic nitrogens is 4. The summed E-state index contributed by atoms with van der Waals surface area (Å²) in [5.41, 5.74) is 15.1. The summed E-state index contributed by atoms with van der Waals surface area (Å²) in [6, 6.07) is 78.7. The number of para-hydroxylation sites is 3. The summed E-state index contributed by atoms with van der Waals surface area (Å²) in [5.74, 6) is 0.647. The van der Waals surface area contributed by atoms with Crippen LogP contribution in [0.5, 0.6) is 0 Å². The van der Waals surface area contributed by atoms with E-state index in [0.717, 1.165) is 83.4 Å². The Hall–Kier alpha value is -9.87. The van der Waals surface area contributed by atoms with Gasteiger partial charge in [0.1, 0.15) is 0 Å². The van der Waals surface area contributed by atoms with E-state index in [0.29, 0.717) is 33.6 Å². The van der Waals surface area contributed by atoms with Gasteiger partial charge in [-0.1, -0.05) is 133 Å². The molecule has 0 atom stereocenters. The van der Waals surface area contributed by atoms with Crippen molar-refractivity contribution in [2.45, 2.75) is 0 Å². The number of hydrogen-bond donors (Lipinski definition) is 0. The quantitative estimate of drug-likeness (QED) is 0.159. The van der Waals surface area contributed by atoms with E-state index in [1.165, 1.54) is 10.8 Å². The largest absolute Gasteiger partial charge is 0.309 e. The molecule has 0 fully saturated rings. The SMILES string of the molecule is N#Cc1ccc(-c2cc(C#N)ccc2-n2c3ccccc3c3cc(-c4cc(-c5cc(-c6ccccc6)nc(-c6ccccc6)n5)ccc4-n4c5ccccc5c5ccccc54)ccc32)c(C#N)c1. The summed E-state index contributed by atoms with van der Waals surface area (Å²) < 4.78 is 4.58. The molecule has 0 aliphatic rings. The molecule has 7 nitrogen and oxygen atoms in total. The number of benzene rings is 9. The molecule has 314 valence electrons. The van der Waals surface area contributed by atoms with E-state index in [4.69, 9.17) is 9.97 Å². The van der Waals surface area contributed by atoms with Crippen LogP contribution in [0.4, 0.5) is 0 Å². The topological polar surface area (TPSA) is 107 Å². The van der Waals surface area contributed by atoms with Crippen LogP contribution in [0.1, 0.15) is 16.7 Å². The molecule has 3 heterocycles. The Kier molecular flexibility index (Phi) is 9.51. The summed E-state index contributed by atoms with van der Waals surface area (Å²) in [7, 11) is 0. The molecule has 0 unspecified atom stereocenters. The fourth-order valence-corrected chi connectivity index (χ4v) is 9.73. The molecule has 68 heavy (non-hydrogen) atoms. The minimum Gasteiger partial charge on any atom is -0.309 e. The fraction of sp³-hybridized carbons (Fsp3) is 0. The fourth-order valence-electron chi connectivity index (χ4n) is 9.73. The standard InChI is InChI=1S/C61H35N7/c62-36-39-23-27-46(45(31-39)38-64)51-32-40(37-63)24-28-59(51)68-57-22-12-9-19-49(57)52-33-43(25-29-60(52)68)50-34-44(26-30-58(50)67-55-20-10-7-17-47(55)48-18-8-11-21-56(48)67)54-35-53(41-13-3-1-4-14-41)65-61(66-54)42-15-5-2-6-16-42/h1-35H. The Bertz CT molecular complexity index is 4010. The second kappa shape index (κ2) is 16.3. The van der Waals surface area contributed by atoms with Crippen LogP contribution in [-0.2, 0) is 0 Å². The highest BCUT2D eigenvalue weighted by atomic mass is 15.0. The Labute approximate surface area is 391 Å². The van der Waals surface area contributed by atoms with Gasteiger partial charge in [-0.15, -0.1) is 0 Å². The van der Waals surface area contributed by atoms with E-state index < -0.39 is 0 Å². The molecule has 7 heteroatoms. The molecule has 9 aromatic carbocycles. The predicted octanol–water partition coefficient (Wildman–Crippen LogP) is 14.6. The third-order valence-electron chi connectivity index (χ3n) is 12.9. The van der Waals surface area contributed by atoms with E-state index in [1.807, 2.05) is 72.8 Å². The lowest BCUT2D eigenvalue weighted by atomic mass is 9.95. The number of nitrogens with zero attached hydrogens (tertiary/aromatic N) is 7. The maximum absolute atomic E-state index is 10.3. The predicted molar refractivity (Wildman–Crippen MR) is 272 cm³/mol. The molecule has 0 radical (unpaired) electrons. The van der Waals surface area contributed by atoms with Crippen LogP contribution in [-0.4, -0.2) is 19.1 Å². The summed E-state index contributed by atoms with van der Waals surface area (Å²) in [4.78, 5) is 10.3. The molecule has 3 aromatic heterocycles. The van der Waals surface area contributed by atoms with Crippen molar-refractivity contribution in [3.05, 3.63) is 229 Å². The molecular formula is C61H35N7. The van der Waals surface area contributed by atoms with Gasteiger partial charge in [0.15, 0.2) is 5.82 Å². The highest BCUT2D eigenvalue weighted by Crippen LogP contribution is 2.43. The van der Waals surface area contributed by atoms with Gasteiger partial charge in [-0.25, -0.2) is 9.97 Å². The van der Waals surface area contributed by atoms with Crippen molar-refractivity contribution >= 4 is 43.6 Å². The van der Waals surface area contributed by atoms with Gasteiger partial charge in [-0.05, 0) is 84.4 Å².